The van der Waals surface area contributed by atoms with Crippen LogP contribution < -0.4 is 5.32 Å². The lowest BCUT2D eigenvalue weighted by atomic mass is 10.1. The van der Waals surface area contributed by atoms with Crippen LogP contribution in [-0.2, 0) is 16.0 Å². The standard InChI is InChI=1S/C12H12N2O2S/c1-8(15)14-10(11(16)13-12(14)17)7-9-5-3-2-4-6-9/h2-6,10H,7H2,1H3,(H,13,16,17). The van der Waals surface area contributed by atoms with Crippen molar-refractivity contribution < 1.29 is 9.59 Å². The summed E-state index contributed by atoms with van der Waals surface area (Å²) in [6, 6.07) is 9.03. The van der Waals surface area contributed by atoms with Crippen LogP contribution in [0.25, 0.3) is 0 Å². The summed E-state index contributed by atoms with van der Waals surface area (Å²) >= 11 is 4.96. The topological polar surface area (TPSA) is 49.4 Å². The Morgan fingerprint density at radius 1 is 1.41 bits per heavy atom. The van der Waals surface area contributed by atoms with Gasteiger partial charge >= 0.3 is 0 Å². The molecule has 4 nitrogen and oxygen atoms in total. The lowest BCUT2D eigenvalue weighted by Crippen LogP contribution is -2.40. The zero-order chi connectivity index (χ0) is 12.4. The van der Waals surface area contributed by atoms with Crippen molar-refractivity contribution >= 4 is 29.1 Å². The Bertz CT molecular complexity index is 473. The summed E-state index contributed by atoms with van der Waals surface area (Å²) in [5.41, 5.74) is 1.00. The Balaban J connectivity index is 2.21. The average molecular weight is 248 g/mol. The SMILES string of the molecule is CC(=O)N1C(=S)NC(=O)C1Cc1ccccc1. The summed E-state index contributed by atoms with van der Waals surface area (Å²) in [6.45, 7) is 1.41. The van der Waals surface area contributed by atoms with Gasteiger partial charge in [0.2, 0.25) is 11.8 Å². The van der Waals surface area contributed by atoms with Gasteiger partial charge in [0.15, 0.2) is 5.11 Å². The molecule has 1 unspecified atom stereocenters. The number of rotatable bonds is 2. The maximum absolute atomic E-state index is 11.7. The zero-order valence-electron chi connectivity index (χ0n) is 9.34. The molecule has 5 heteroatoms. The summed E-state index contributed by atoms with van der Waals surface area (Å²) in [7, 11) is 0. The van der Waals surface area contributed by atoms with Crippen molar-refractivity contribution in [3.05, 3.63) is 35.9 Å². The molecule has 0 bridgehead atoms. The molecule has 1 N–H and O–H groups in total. The van der Waals surface area contributed by atoms with Crippen molar-refractivity contribution in [3.8, 4) is 0 Å². The second kappa shape index (κ2) is 4.63. The third-order valence-corrected chi connectivity index (χ3v) is 2.97. The fourth-order valence-corrected chi connectivity index (χ4v) is 2.25. The van der Waals surface area contributed by atoms with Crippen LogP contribution >= 0.6 is 12.2 Å². The molecule has 1 aliphatic rings. The number of thiocarbonyl (C=S) groups is 1. The van der Waals surface area contributed by atoms with E-state index in [9.17, 15) is 9.59 Å². The number of hydrogen-bond acceptors (Lipinski definition) is 3. The molecule has 2 amide bonds. The predicted octanol–water partition coefficient (Wildman–Crippen LogP) is 0.861. The van der Waals surface area contributed by atoms with E-state index in [1.54, 1.807) is 0 Å². The zero-order valence-corrected chi connectivity index (χ0v) is 10.2. The maximum Gasteiger partial charge on any atom is 0.249 e. The first-order valence-corrected chi connectivity index (χ1v) is 5.69. The van der Waals surface area contributed by atoms with Gasteiger partial charge in [-0.15, -0.1) is 0 Å². The van der Waals surface area contributed by atoms with Crippen molar-refractivity contribution in [2.24, 2.45) is 0 Å². The summed E-state index contributed by atoms with van der Waals surface area (Å²) in [4.78, 5) is 24.5. The Hall–Kier alpha value is -1.75. The van der Waals surface area contributed by atoms with Gasteiger partial charge in [-0.25, -0.2) is 0 Å². The van der Waals surface area contributed by atoms with Gasteiger partial charge in [0.1, 0.15) is 6.04 Å². The van der Waals surface area contributed by atoms with E-state index in [4.69, 9.17) is 12.2 Å². The molecule has 2 rings (SSSR count). The van der Waals surface area contributed by atoms with Crippen molar-refractivity contribution in [1.29, 1.82) is 0 Å². The Kier molecular flexibility index (Phi) is 3.19. The minimum atomic E-state index is -0.526. The van der Waals surface area contributed by atoms with Crippen molar-refractivity contribution in [1.82, 2.24) is 10.2 Å². The van der Waals surface area contributed by atoms with Gasteiger partial charge in [0.25, 0.3) is 0 Å². The number of carbonyl (C=O) groups excluding carboxylic acids is 2. The highest BCUT2D eigenvalue weighted by atomic mass is 32.1. The van der Waals surface area contributed by atoms with Gasteiger partial charge in [-0.05, 0) is 17.8 Å². The molecular formula is C12H12N2O2S. The van der Waals surface area contributed by atoms with E-state index in [1.165, 1.54) is 11.8 Å². The lowest BCUT2D eigenvalue weighted by molar-refractivity contribution is -0.131. The molecule has 0 spiro atoms. The van der Waals surface area contributed by atoms with E-state index in [1.807, 2.05) is 30.3 Å². The highest BCUT2D eigenvalue weighted by molar-refractivity contribution is 7.80. The lowest BCUT2D eigenvalue weighted by Gasteiger charge is -2.19. The van der Waals surface area contributed by atoms with E-state index in [0.717, 1.165) is 5.56 Å². The Labute approximate surface area is 105 Å². The number of benzene rings is 1. The van der Waals surface area contributed by atoms with Crippen LogP contribution in [0.3, 0.4) is 0 Å². The molecule has 17 heavy (non-hydrogen) atoms. The average Bonchev–Trinajstić information content (AvgIpc) is 2.55. The van der Waals surface area contributed by atoms with Crippen LogP contribution in [0.5, 0.6) is 0 Å². The van der Waals surface area contributed by atoms with Gasteiger partial charge in [0, 0.05) is 13.3 Å². The van der Waals surface area contributed by atoms with Crippen LogP contribution in [0.1, 0.15) is 12.5 Å². The van der Waals surface area contributed by atoms with Gasteiger partial charge in [-0.1, -0.05) is 30.3 Å². The van der Waals surface area contributed by atoms with Crippen molar-refractivity contribution in [3.63, 3.8) is 0 Å². The number of nitrogens with one attached hydrogen (secondary N) is 1. The van der Waals surface area contributed by atoms with E-state index in [-0.39, 0.29) is 16.9 Å². The summed E-state index contributed by atoms with van der Waals surface area (Å²) in [6.07, 6.45) is 0.479. The third kappa shape index (κ3) is 2.34. The van der Waals surface area contributed by atoms with Gasteiger partial charge < -0.3 is 5.32 Å². The number of hydrogen-bond donors (Lipinski definition) is 1. The molecule has 0 saturated carbocycles. The van der Waals surface area contributed by atoms with Crippen LogP contribution in [0.15, 0.2) is 30.3 Å². The molecule has 1 aromatic carbocycles. The quantitative estimate of drug-likeness (QED) is 0.790. The first-order chi connectivity index (χ1) is 8.09. The van der Waals surface area contributed by atoms with Gasteiger partial charge in [-0.3, -0.25) is 14.5 Å². The molecule has 1 fully saturated rings. The molecule has 88 valence electrons. The molecule has 1 aromatic rings. The van der Waals surface area contributed by atoms with Crippen molar-refractivity contribution in [2.75, 3.05) is 0 Å². The first-order valence-electron chi connectivity index (χ1n) is 5.28. The van der Waals surface area contributed by atoms with Gasteiger partial charge in [0.05, 0.1) is 0 Å². The van der Waals surface area contributed by atoms with E-state index >= 15 is 0 Å². The van der Waals surface area contributed by atoms with E-state index in [0.29, 0.717) is 6.42 Å². The van der Waals surface area contributed by atoms with Crippen LogP contribution in [0.2, 0.25) is 0 Å². The first kappa shape index (κ1) is 11.7. The Morgan fingerprint density at radius 2 is 2.06 bits per heavy atom. The highest BCUT2D eigenvalue weighted by Crippen LogP contribution is 2.14. The second-order valence-electron chi connectivity index (χ2n) is 3.89. The smallest absolute Gasteiger partial charge is 0.249 e. The van der Waals surface area contributed by atoms with Crippen LogP contribution in [-0.4, -0.2) is 27.9 Å². The normalized spacial score (nSPS) is 19.4. The second-order valence-corrected chi connectivity index (χ2v) is 4.28. The third-order valence-electron chi connectivity index (χ3n) is 2.67. The molecule has 0 aliphatic carbocycles. The fraction of sp³-hybridized carbons (Fsp3) is 0.250. The molecule has 1 aliphatic heterocycles. The number of amides is 2. The largest absolute Gasteiger partial charge is 0.301 e. The molecule has 1 atom stereocenters. The molecule has 1 saturated heterocycles. The highest BCUT2D eigenvalue weighted by Gasteiger charge is 2.38. The summed E-state index contributed by atoms with van der Waals surface area (Å²) in [5, 5.41) is 2.71. The summed E-state index contributed by atoms with van der Waals surface area (Å²) in [5.74, 6) is -0.427. The Morgan fingerprint density at radius 3 is 2.65 bits per heavy atom. The summed E-state index contributed by atoms with van der Waals surface area (Å²) < 4.78 is 0. The minimum Gasteiger partial charge on any atom is -0.301 e. The monoisotopic (exact) mass is 248 g/mol. The predicted molar refractivity (Wildman–Crippen MR) is 67.2 cm³/mol. The van der Waals surface area contributed by atoms with Gasteiger partial charge in [-0.2, -0.15) is 0 Å². The number of carbonyl (C=O) groups is 2. The molecular weight excluding hydrogens is 236 g/mol. The van der Waals surface area contributed by atoms with E-state index < -0.39 is 6.04 Å². The minimum absolute atomic E-state index is 0.198. The number of nitrogens with zero attached hydrogens (tertiary/aromatic N) is 1. The van der Waals surface area contributed by atoms with Crippen LogP contribution in [0.4, 0.5) is 0 Å². The molecule has 0 radical (unpaired) electrons. The molecule has 0 aromatic heterocycles. The fourth-order valence-electron chi connectivity index (χ4n) is 1.89. The molecule has 1 heterocycles. The maximum atomic E-state index is 11.7. The van der Waals surface area contributed by atoms with Crippen LogP contribution in [0, 0.1) is 0 Å². The van der Waals surface area contributed by atoms with E-state index in [2.05, 4.69) is 5.32 Å². The van der Waals surface area contributed by atoms with Crippen molar-refractivity contribution in [2.45, 2.75) is 19.4 Å².